The fourth-order valence-corrected chi connectivity index (χ4v) is 4.45. The van der Waals surface area contributed by atoms with Gasteiger partial charge in [0.25, 0.3) is 0 Å². The van der Waals surface area contributed by atoms with E-state index < -0.39 is 0 Å². The lowest BCUT2D eigenvalue weighted by atomic mass is 10.1. The molecule has 1 heterocycles. The van der Waals surface area contributed by atoms with Gasteiger partial charge in [0.05, 0.1) is 4.87 Å². The van der Waals surface area contributed by atoms with Crippen molar-refractivity contribution in [3.8, 4) is 0 Å². The summed E-state index contributed by atoms with van der Waals surface area (Å²) in [6.07, 6.45) is 3.06. The molecule has 0 aromatic heterocycles. The summed E-state index contributed by atoms with van der Waals surface area (Å²) in [6.45, 7) is 2.21. The molecule has 1 saturated heterocycles. The highest BCUT2D eigenvalue weighted by atomic mass is 32.2. The van der Waals surface area contributed by atoms with Gasteiger partial charge < -0.3 is 0 Å². The summed E-state index contributed by atoms with van der Waals surface area (Å²) in [5.74, 6) is 1.11. The molecule has 1 aliphatic heterocycles. The average Bonchev–Trinajstić information content (AvgIpc) is 2.87. The third-order valence-corrected chi connectivity index (χ3v) is 5.35. The normalized spacial score (nSPS) is 32.2. The zero-order valence-corrected chi connectivity index (χ0v) is 10.2. The molecule has 0 bridgehead atoms. The topological polar surface area (TPSA) is 12.0 Å². The average molecular weight is 237 g/mol. The van der Waals surface area contributed by atoms with Crippen LogP contribution in [0.5, 0.6) is 0 Å². The molecule has 1 aromatic carbocycles. The lowest BCUT2D eigenvalue weighted by Crippen LogP contribution is -2.37. The van der Waals surface area contributed by atoms with Gasteiger partial charge in [0.2, 0.25) is 0 Å². The Labute approximate surface area is 99.8 Å². The van der Waals surface area contributed by atoms with Crippen LogP contribution in [0, 0.1) is 5.82 Å². The van der Waals surface area contributed by atoms with Crippen molar-refractivity contribution in [3.05, 3.63) is 35.1 Å². The molecule has 86 valence electrons. The van der Waals surface area contributed by atoms with E-state index in [1.165, 1.54) is 5.56 Å². The molecule has 3 rings (SSSR count). The van der Waals surface area contributed by atoms with Crippen LogP contribution in [0.1, 0.15) is 30.9 Å². The SMILES string of the molecule is CCC1CSC2(CCc3c(F)cccc32)N1. The molecule has 1 fully saturated rings. The van der Waals surface area contributed by atoms with Crippen LogP contribution in [0.4, 0.5) is 4.39 Å². The Kier molecular flexibility index (Phi) is 2.48. The Morgan fingerprint density at radius 2 is 2.44 bits per heavy atom. The van der Waals surface area contributed by atoms with Crippen LogP contribution in [0.2, 0.25) is 0 Å². The maximum atomic E-state index is 13.7. The molecule has 1 aromatic rings. The van der Waals surface area contributed by atoms with Crippen LogP contribution in [0.15, 0.2) is 18.2 Å². The minimum absolute atomic E-state index is 0.0120. The second-order valence-corrected chi connectivity index (χ2v) is 5.97. The summed E-state index contributed by atoms with van der Waals surface area (Å²) in [5, 5.41) is 3.70. The van der Waals surface area contributed by atoms with Crippen molar-refractivity contribution < 1.29 is 4.39 Å². The number of nitrogens with one attached hydrogen (secondary N) is 1. The highest BCUT2D eigenvalue weighted by Gasteiger charge is 2.45. The van der Waals surface area contributed by atoms with E-state index in [0.29, 0.717) is 6.04 Å². The fraction of sp³-hybridized carbons (Fsp3) is 0.538. The van der Waals surface area contributed by atoms with E-state index in [2.05, 4.69) is 18.3 Å². The van der Waals surface area contributed by atoms with Crippen molar-refractivity contribution in [1.29, 1.82) is 0 Å². The van der Waals surface area contributed by atoms with Gasteiger partial charge in [-0.2, -0.15) is 0 Å². The molecular formula is C13H16FNS. The highest BCUT2D eigenvalue weighted by Crippen LogP contribution is 2.49. The predicted octanol–water partition coefficient (Wildman–Crippen LogP) is 3.04. The van der Waals surface area contributed by atoms with Crippen molar-refractivity contribution >= 4 is 11.8 Å². The smallest absolute Gasteiger partial charge is 0.126 e. The second-order valence-electron chi connectivity index (χ2n) is 4.65. The first-order chi connectivity index (χ1) is 7.75. The maximum Gasteiger partial charge on any atom is 0.126 e. The Morgan fingerprint density at radius 3 is 3.19 bits per heavy atom. The number of thioether (sulfide) groups is 1. The summed E-state index contributed by atoms with van der Waals surface area (Å²) >= 11 is 1.96. The number of hydrogen-bond donors (Lipinski definition) is 1. The van der Waals surface area contributed by atoms with E-state index in [-0.39, 0.29) is 10.7 Å². The van der Waals surface area contributed by atoms with Crippen LogP contribution in [-0.4, -0.2) is 11.8 Å². The van der Waals surface area contributed by atoms with Crippen LogP contribution in [0.25, 0.3) is 0 Å². The van der Waals surface area contributed by atoms with Gasteiger partial charge in [-0.15, -0.1) is 11.8 Å². The molecule has 2 aliphatic rings. The van der Waals surface area contributed by atoms with E-state index in [4.69, 9.17) is 0 Å². The van der Waals surface area contributed by atoms with E-state index in [9.17, 15) is 4.39 Å². The van der Waals surface area contributed by atoms with Gasteiger partial charge in [-0.3, -0.25) is 5.32 Å². The van der Waals surface area contributed by atoms with Gasteiger partial charge in [-0.05, 0) is 36.5 Å². The summed E-state index contributed by atoms with van der Waals surface area (Å²) in [4.78, 5) is 0.0120. The van der Waals surface area contributed by atoms with Gasteiger partial charge in [0.15, 0.2) is 0 Å². The molecule has 2 unspecified atom stereocenters. The lowest BCUT2D eigenvalue weighted by molar-refractivity contribution is 0.440. The standard InChI is InChI=1S/C13H16FNS/c1-2-9-8-16-13(15-9)7-6-10-11(13)4-3-5-12(10)14/h3-5,9,15H,2,6-8H2,1H3. The molecule has 3 heteroatoms. The van der Waals surface area contributed by atoms with Crippen LogP contribution in [-0.2, 0) is 11.3 Å². The van der Waals surface area contributed by atoms with E-state index >= 15 is 0 Å². The second kappa shape index (κ2) is 3.74. The third-order valence-electron chi connectivity index (χ3n) is 3.74. The van der Waals surface area contributed by atoms with E-state index in [0.717, 1.165) is 30.6 Å². The first-order valence-electron chi connectivity index (χ1n) is 5.95. The maximum absolute atomic E-state index is 13.7. The quantitative estimate of drug-likeness (QED) is 0.805. The van der Waals surface area contributed by atoms with Crippen molar-refractivity contribution in [3.63, 3.8) is 0 Å². The van der Waals surface area contributed by atoms with Crippen molar-refractivity contribution in [2.75, 3.05) is 5.75 Å². The van der Waals surface area contributed by atoms with E-state index in [1.807, 2.05) is 17.8 Å². The predicted molar refractivity (Wildman–Crippen MR) is 66.1 cm³/mol. The lowest BCUT2D eigenvalue weighted by Gasteiger charge is -2.25. The van der Waals surface area contributed by atoms with Gasteiger partial charge in [0.1, 0.15) is 5.82 Å². The number of hydrogen-bond acceptors (Lipinski definition) is 2. The summed E-state index contributed by atoms with van der Waals surface area (Å²) in [7, 11) is 0. The molecule has 1 N–H and O–H groups in total. The van der Waals surface area contributed by atoms with E-state index in [1.54, 1.807) is 6.07 Å². The number of fused-ring (bicyclic) bond motifs is 2. The highest BCUT2D eigenvalue weighted by molar-refractivity contribution is 8.00. The minimum atomic E-state index is -0.0308. The molecule has 2 atom stereocenters. The largest absolute Gasteiger partial charge is 0.295 e. The van der Waals surface area contributed by atoms with Gasteiger partial charge in [0, 0.05) is 11.8 Å². The van der Waals surface area contributed by atoms with Crippen LogP contribution < -0.4 is 5.32 Å². The number of halogens is 1. The summed E-state index contributed by atoms with van der Waals surface area (Å²) in [5.41, 5.74) is 2.12. The molecule has 16 heavy (non-hydrogen) atoms. The molecule has 0 amide bonds. The molecule has 0 radical (unpaired) electrons. The van der Waals surface area contributed by atoms with Crippen molar-refractivity contribution in [2.24, 2.45) is 0 Å². The molecule has 1 nitrogen and oxygen atoms in total. The third kappa shape index (κ3) is 1.41. The molecule has 1 aliphatic carbocycles. The van der Waals surface area contributed by atoms with Crippen LogP contribution >= 0.6 is 11.8 Å². The van der Waals surface area contributed by atoms with Crippen molar-refractivity contribution in [2.45, 2.75) is 37.1 Å². The zero-order valence-electron chi connectivity index (χ0n) is 9.42. The zero-order chi connectivity index (χ0) is 11.2. The minimum Gasteiger partial charge on any atom is -0.295 e. The fourth-order valence-electron chi connectivity index (χ4n) is 2.80. The molecular weight excluding hydrogens is 221 g/mol. The number of rotatable bonds is 1. The van der Waals surface area contributed by atoms with Crippen LogP contribution in [0.3, 0.4) is 0 Å². The Bertz CT molecular complexity index is 420. The Balaban J connectivity index is 2.00. The number of benzene rings is 1. The monoisotopic (exact) mass is 237 g/mol. The van der Waals surface area contributed by atoms with Gasteiger partial charge in [-0.25, -0.2) is 4.39 Å². The first kappa shape index (κ1) is 10.6. The van der Waals surface area contributed by atoms with Gasteiger partial charge >= 0.3 is 0 Å². The van der Waals surface area contributed by atoms with Crippen molar-refractivity contribution in [1.82, 2.24) is 5.32 Å². The molecule has 1 spiro atoms. The Morgan fingerprint density at radius 1 is 1.56 bits per heavy atom. The molecule has 0 saturated carbocycles. The Hall–Kier alpha value is -0.540. The first-order valence-corrected chi connectivity index (χ1v) is 6.93. The summed E-state index contributed by atoms with van der Waals surface area (Å²) in [6, 6.07) is 6.08. The summed E-state index contributed by atoms with van der Waals surface area (Å²) < 4.78 is 13.7. The van der Waals surface area contributed by atoms with Gasteiger partial charge in [-0.1, -0.05) is 19.1 Å².